The number of carbonyl (C=O) groups is 2. The number of alkyl carbamates (subject to hydrolysis) is 1. The molecule has 2 aromatic carbocycles. The fourth-order valence-electron chi connectivity index (χ4n) is 4.45. The zero-order chi connectivity index (χ0) is 25.8. The summed E-state index contributed by atoms with van der Waals surface area (Å²) in [6.45, 7) is 9.53. The number of nitrogen functional groups attached to an aromatic ring is 1. The summed E-state index contributed by atoms with van der Waals surface area (Å²) in [5.74, 6) is -1.27. The smallest absolute Gasteiger partial charge is 0.407 e. The summed E-state index contributed by atoms with van der Waals surface area (Å²) in [5, 5.41) is 12.7. The Labute approximate surface area is 206 Å². The molecule has 2 aromatic rings. The van der Waals surface area contributed by atoms with E-state index in [-0.39, 0.29) is 5.92 Å². The third-order valence-corrected chi connectivity index (χ3v) is 6.07. The van der Waals surface area contributed by atoms with E-state index < -0.39 is 29.6 Å². The summed E-state index contributed by atoms with van der Waals surface area (Å²) in [5.41, 5.74) is 9.64. The lowest BCUT2D eigenvalue weighted by Gasteiger charge is -2.23. The number of anilines is 1. The SMILES string of the molecule is C=C(/C=C(\c1ccc(OC)cc1N)[C@@H]1C[C@H](NC(=O)OC(C)(C)C)[C@H](C(=O)O)C1)c1ccccc1. The Balaban J connectivity index is 1.98. The number of rotatable bonds is 7. The monoisotopic (exact) mass is 478 g/mol. The molecule has 1 aliphatic carbocycles. The largest absolute Gasteiger partial charge is 0.497 e. The molecule has 7 heteroatoms. The van der Waals surface area contributed by atoms with E-state index in [0.29, 0.717) is 24.3 Å². The highest BCUT2D eigenvalue weighted by Crippen LogP contribution is 2.43. The lowest BCUT2D eigenvalue weighted by Crippen LogP contribution is -2.42. The highest BCUT2D eigenvalue weighted by molar-refractivity contribution is 5.88. The van der Waals surface area contributed by atoms with Gasteiger partial charge in [-0.1, -0.05) is 43.0 Å². The van der Waals surface area contributed by atoms with Gasteiger partial charge >= 0.3 is 12.1 Å². The van der Waals surface area contributed by atoms with Crippen molar-refractivity contribution >= 4 is 28.9 Å². The molecule has 0 saturated heterocycles. The Bertz CT molecular complexity index is 1120. The topological polar surface area (TPSA) is 111 Å². The molecule has 186 valence electrons. The number of nitrogens with two attached hydrogens (primary N) is 1. The Morgan fingerprint density at radius 2 is 1.83 bits per heavy atom. The van der Waals surface area contributed by atoms with E-state index in [2.05, 4.69) is 11.9 Å². The van der Waals surface area contributed by atoms with Crippen LogP contribution in [0.2, 0.25) is 0 Å². The first-order valence-electron chi connectivity index (χ1n) is 11.6. The molecule has 1 aliphatic rings. The van der Waals surface area contributed by atoms with Gasteiger partial charge in [0, 0.05) is 23.4 Å². The Morgan fingerprint density at radius 3 is 2.40 bits per heavy atom. The highest BCUT2D eigenvalue weighted by atomic mass is 16.6. The Hall–Kier alpha value is -3.74. The second-order valence-electron chi connectivity index (χ2n) is 9.81. The van der Waals surface area contributed by atoms with Crippen LogP contribution in [0.4, 0.5) is 10.5 Å². The lowest BCUT2D eigenvalue weighted by atomic mass is 9.87. The van der Waals surface area contributed by atoms with Crippen molar-refractivity contribution < 1.29 is 24.2 Å². The Morgan fingerprint density at radius 1 is 1.14 bits per heavy atom. The van der Waals surface area contributed by atoms with Crippen molar-refractivity contribution in [1.82, 2.24) is 5.32 Å². The zero-order valence-corrected chi connectivity index (χ0v) is 20.7. The van der Waals surface area contributed by atoms with Crippen LogP contribution < -0.4 is 15.8 Å². The van der Waals surface area contributed by atoms with Gasteiger partial charge in [0.05, 0.1) is 13.0 Å². The van der Waals surface area contributed by atoms with Crippen LogP contribution in [0.3, 0.4) is 0 Å². The summed E-state index contributed by atoms with van der Waals surface area (Å²) in [6.07, 6.45) is 2.11. The van der Waals surface area contributed by atoms with Crippen LogP contribution in [0, 0.1) is 11.8 Å². The van der Waals surface area contributed by atoms with Crippen LogP contribution in [-0.2, 0) is 9.53 Å². The summed E-state index contributed by atoms with van der Waals surface area (Å²) < 4.78 is 10.7. The molecule has 0 bridgehead atoms. The van der Waals surface area contributed by atoms with E-state index in [4.69, 9.17) is 15.2 Å². The molecule has 3 rings (SSSR count). The predicted molar refractivity (Wildman–Crippen MR) is 138 cm³/mol. The second kappa shape index (κ2) is 10.7. The molecular weight excluding hydrogens is 444 g/mol. The van der Waals surface area contributed by atoms with E-state index in [0.717, 1.165) is 22.3 Å². The van der Waals surface area contributed by atoms with Crippen molar-refractivity contribution in [3.05, 3.63) is 72.3 Å². The molecule has 0 spiro atoms. The van der Waals surface area contributed by atoms with Gasteiger partial charge < -0.3 is 25.6 Å². The van der Waals surface area contributed by atoms with Gasteiger partial charge in [-0.3, -0.25) is 4.79 Å². The van der Waals surface area contributed by atoms with Crippen LogP contribution in [0.5, 0.6) is 5.75 Å². The molecule has 1 fully saturated rings. The minimum atomic E-state index is -0.961. The van der Waals surface area contributed by atoms with Gasteiger partial charge in [-0.15, -0.1) is 0 Å². The van der Waals surface area contributed by atoms with Crippen LogP contribution in [0.15, 0.2) is 61.2 Å². The Kier molecular flexibility index (Phi) is 7.89. The number of aliphatic carboxylic acids is 1. The number of benzene rings is 2. The molecule has 7 nitrogen and oxygen atoms in total. The van der Waals surface area contributed by atoms with Crippen molar-refractivity contribution in [1.29, 1.82) is 0 Å². The van der Waals surface area contributed by atoms with Gasteiger partial charge in [-0.05, 0) is 68.4 Å². The minimum Gasteiger partial charge on any atom is -0.497 e. The van der Waals surface area contributed by atoms with Crippen molar-refractivity contribution in [2.24, 2.45) is 11.8 Å². The molecule has 1 amide bonds. The van der Waals surface area contributed by atoms with Gasteiger partial charge in [-0.2, -0.15) is 0 Å². The van der Waals surface area contributed by atoms with Crippen LogP contribution >= 0.6 is 0 Å². The van der Waals surface area contributed by atoms with E-state index >= 15 is 0 Å². The third-order valence-electron chi connectivity index (χ3n) is 6.07. The quantitative estimate of drug-likeness (QED) is 0.364. The summed E-state index contributed by atoms with van der Waals surface area (Å²) in [7, 11) is 1.57. The van der Waals surface area contributed by atoms with Crippen LogP contribution in [0.1, 0.15) is 44.7 Å². The predicted octanol–water partition coefficient (Wildman–Crippen LogP) is 5.38. The maximum Gasteiger partial charge on any atom is 0.407 e. The van der Waals surface area contributed by atoms with E-state index in [1.165, 1.54) is 0 Å². The standard InChI is InChI=1S/C28H34N2O5/c1-17(18-9-7-6-8-10-18)13-22(21-12-11-20(34-5)16-24(21)29)19-14-23(26(31)32)25(15-19)30-27(33)35-28(2,3)4/h6-13,16,19,23,25H,1,14-15,29H2,2-5H3,(H,30,33)(H,31,32)/b22-13-/t19-,23+,25-/m0/s1. The van der Waals surface area contributed by atoms with Gasteiger partial charge in [-0.25, -0.2) is 4.79 Å². The van der Waals surface area contributed by atoms with Crippen molar-refractivity contribution in [3.63, 3.8) is 0 Å². The molecule has 3 atom stereocenters. The van der Waals surface area contributed by atoms with Gasteiger partial charge in [0.1, 0.15) is 11.4 Å². The van der Waals surface area contributed by atoms with Crippen molar-refractivity contribution in [2.45, 2.75) is 45.3 Å². The number of amides is 1. The number of carboxylic acid groups (broad SMARTS) is 1. The minimum absolute atomic E-state index is 0.174. The molecule has 0 aliphatic heterocycles. The average Bonchev–Trinajstić information content (AvgIpc) is 3.20. The number of hydrogen-bond donors (Lipinski definition) is 3. The molecule has 35 heavy (non-hydrogen) atoms. The number of carboxylic acids is 1. The number of methoxy groups -OCH3 is 1. The number of nitrogens with one attached hydrogen (secondary N) is 1. The van der Waals surface area contributed by atoms with Gasteiger partial charge in [0.25, 0.3) is 0 Å². The third kappa shape index (κ3) is 6.66. The van der Waals surface area contributed by atoms with Crippen molar-refractivity contribution in [3.8, 4) is 5.75 Å². The summed E-state index contributed by atoms with van der Waals surface area (Å²) in [4.78, 5) is 24.5. The normalized spacial score (nSPS) is 20.2. The average molecular weight is 479 g/mol. The van der Waals surface area contributed by atoms with E-state index in [1.54, 1.807) is 33.9 Å². The number of allylic oxidation sites excluding steroid dienone is 3. The van der Waals surface area contributed by atoms with E-state index in [9.17, 15) is 14.7 Å². The molecule has 0 radical (unpaired) electrons. The maximum atomic E-state index is 12.4. The fourth-order valence-corrected chi connectivity index (χ4v) is 4.45. The molecule has 4 N–H and O–H groups in total. The second-order valence-corrected chi connectivity index (χ2v) is 9.81. The summed E-state index contributed by atoms with van der Waals surface area (Å²) >= 11 is 0. The van der Waals surface area contributed by atoms with Crippen LogP contribution in [0.25, 0.3) is 11.1 Å². The molecule has 1 saturated carbocycles. The zero-order valence-electron chi connectivity index (χ0n) is 20.7. The number of carbonyl (C=O) groups excluding carboxylic acids is 1. The van der Waals surface area contributed by atoms with Gasteiger partial charge in [0.2, 0.25) is 0 Å². The molecule has 0 aromatic heterocycles. The molecule has 0 unspecified atom stereocenters. The molecular formula is C28H34N2O5. The first-order chi connectivity index (χ1) is 16.5. The summed E-state index contributed by atoms with van der Waals surface area (Å²) in [6, 6.07) is 14.6. The lowest BCUT2D eigenvalue weighted by molar-refractivity contribution is -0.142. The number of ether oxygens (including phenoxy) is 2. The van der Waals surface area contributed by atoms with Gasteiger partial charge in [0.15, 0.2) is 0 Å². The first kappa shape index (κ1) is 25.9. The number of hydrogen-bond acceptors (Lipinski definition) is 5. The maximum absolute atomic E-state index is 12.4. The van der Waals surface area contributed by atoms with E-state index in [1.807, 2.05) is 48.5 Å². The highest BCUT2D eigenvalue weighted by Gasteiger charge is 2.42. The van der Waals surface area contributed by atoms with Crippen LogP contribution in [-0.4, -0.2) is 35.9 Å². The fraction of sp³-hybridized carbons (Fsp3) is 0.357. The molecule has 0 heterocycles. The first-order valence-corrected chi connectivity index (χ1v) is 11.6. The van der Waals surface area contributed by atoms with Crippen molar-refractivity contribution in [2.75, 3.05) is 12.8 Å².